The molecule has 1 aromatic heterocycles. The van der Waals surface area contributed by atoms with Crippen LogP contribution in [0.15, 0.2) is 16.9 Å². The Balaban J connectivity index is 3.34. The molecule has 0 aromatic carbocycles. The number of halogens is 1. The van der Waals surface area contributed by atoms with E-state index in [0.717, 1.165) is 10.6 Å². The molecule has 0 atom stereocenters. The van der Waals surface area contributed by atoms with Crippen molar-refractivity contribution in [3.05, 3.63) is 38.3 Å². The molecule has 0 aliphatic carbocycles. The number of alkyl halides is 1. The minimum Gasteiger partial charge on any atom is -0.304 e. The Labute approximate surface area is 78.9 Å². The Hall–Kier alpha value is -1.72. The van der Waals surface area contributed by atoms with Crippen molar-refractivity contribution < 1.29 is 9.31 Å². The molecular formula is C8H9FN2O3. The van der Waals surface area contributed by atoms with E-state index in [4.69, 9.17) is 0 Å². The quantitative estimate of drug-likeness (QED) is 0.540. The molecule has 0 aliphatic heterocycles. The molecule has 1 rings (SSSR count). The lowest BCUT2D eigenvalue weighted by Crippen LogP contribution is -2.25. The lowest BCUT2D eigenvalue weighted by molar-refractivity contribution is -0.386. The maximum Gasteiger partial charge on any atom is 0.334 e. The first-order valence-electron chi connectivity index (χ1n) is 3.98. The van der Waals surface area contributed by atoms with Crippen molar-refractivity contribution in [2.45, 2.75) is 13.5 Å². The van der Waals surface area contributed by atoms with Crippen LogP contribution in [0.25, 0.3) is 0 Å². The van der Waals surface area contributed by atoms with Gasteiger partial charge in [0.15, 0.2) is 0 Å². The second kappa shape index (κ2) is 3.99. The van der Waals surface area contributed by atoms with Crippen molar-refractivity contribution in [3.63, 3.8) is 0 Å². The second-order valence-electron chi connectivity index (χ2n) is 2.76. The number of pyridine rings is 1. The third kappa shape index (κ3) is 1.78. The third-order valence-electron chi connectivity index (χ3n) is 1.88. The van der Waals surface area contributed by atoms with Gasteiger partial charge < -0.3 is 4.57 Å². The van der Waals surface area contributed by atoms with E-state index in [1.165, 1.54) is 6.07 Å². The van der Waals surface area contributed by atoms with E-state index in [1.54, 1.807) is 6.92 Å². The van der Waals surface area contributed by atoms with Gasteiger partial charge in [-0.05, 0) is 13.0 Å². The number of hydrogen-bond acceptors (Lipinski definition) is 3. The molecule has 0 bridgehead atoms. The molecule has 0 saturated heterocycles. The Kier molecular flexibility index (Phi) is 2.95. The van der Waals surface area contributed by atoms with Gasteiger partial charge >= 0.3 is 11.2 Å². The van der Waals surface area contributed by atoms with Crippen molar-refractivity contribution in [3.8, 4) is 0 Å². The van der Waals surface area contributed by atoms with Crippen molar-refractivity contribution in [1.82, 2.24) is 4.57 Å². The number of hydrogen-bond donors (Lipinski definition) is 0. The summed E-state index contributed by atoms with van der Waals surface area (Å²) in [6, 6.07) is 2.56. The lowest BCUT2D eigenvalue weighted by atomic mass is 10.3. The number of rotatable bonds is 3. The first-order valence-corrected chi connectivity index (χ1v) is 3.98. The van der Waals surface area contributed by atoms with Crippen LogP contribution in [-0.4, -0.2) is 16.2 Å². The molecule has 5 nitrogen and oxygen atoms in total. The van der Waals surface area contributed by atoms with Gasteiger partial charge in [0.05, 0.1) is 11.5 Å². The van der Waals surface area contributed by atoms with Gasteiger partial charge in [-0.25, -0.2) is 4.39 Å². The molecule has 0 aliphatic rings. The van der Waals surface area contributed by atoms with Crippen LogP contribution in [0.5, 0.6) is 0 Å². The predicted molar refractivity (Wildman–Crippen MR) is 48.1 cm³/mol. The van der Waals surface area contributed by atoms with Crippen LogP contribution < -0.4 is 5.56 Å². The monoisotopic (exact) mass is 200 g/mol. The van der Waals surface area contributed by atoms with Crippen LogP contribution in [-0.2, 0) is 6.54 Å². The Morgan fingerprint density at radius 2 is 2.21 bits per heavy atom. The Morgan fingerprint density at radius 3 is 2.71 bits per heavy atom. The highest BCUT2D eigenvalue weighted by atomic mass is 19.1. The van der Waals surface area contributed by atoms with Crippen LogP contribution in [0.3, 0.4) is 0 Å². The highest BCUT2D eigenvalue weighted by Gasteiger charge is 2.14. The summed E-state index contributed by atoms with van der Waals surface area (Å²) in [5.41, 5.74) is -0.769. The van der Waals surface area contributed by atoms with Crippen molar-refractivity contribution in [2.24, 2.45) is 0 Å². The minimum absolute atomic E-state index is 0.146. The number of nitrogens with zero attached hydrogens (tertiary/aromatic N) is 2. The van der Waals surface area contributed by atoms with Crippen molar-refractivity contribution in [1.29, 1.82) is 0 Å². The Morgan fingerprint density at radius 1 is 1.57 bits per heavy atom. The molecule has 0 saturated carbocycles. The van der Waals surface area contributed by atoms with Gasteiger partial charge in [-0.15, -0.1) is 0 Å². The van der Waals surface area contributed by atoms with Crippen LogP contribution in [0.4, 0.5) is 10.1 Å². The molecule has 1 aromatic rings. The number of nitro groups is 1. The maximum atomic E-state index is 12.0. The maximum absolute atomic E-state index is 12.0. The predicted octanol–water partition coefficient (Wildman–Crippen LogP) is 1.03. The van der Waals surface area contributed by atoms with Crippen LogP contribution >= 0.6 is 0 Å². The fourth-order valence-corrected chi connectivity index (χ4v) is 1.16. The SMILES string of the molecule is Cc1ccc([N+](=O)[O-])c(=O)n1CCF. The van der Waals surface area contributed by atoms with E-state index in [9.17, 15) is 19.3 Å². The van der Waals surface area contributed by atoms with E-state index >= 15 is 0 Å². The molecule has 0 spiro atoms. The summed E-state index contributed by atoms with van der Waals surface area (Å²) in [4.78, 5) is 21.0. The molecule has 0 radical (unpaired) electrons. The molecule has 0 unspecified atom stereocenters. The van der Waals surface area contributed by atoms with Crippen LogP contribution in [0.1, 0.15) is 5.69 Å². The molecule has 0 amide bonds. The molecular weight excluding hydrogens is 191 g/mol. The van der Waals surface area contributed by atoms with Crippen molar-refractivity contribution in [2.75, 3.05) is 6.67 Å². The molecule has 6 heteroatoms. The topological polar surface area (TPSA) is 65.1 Å². The van der Waals surface area contributed by atoms with Crippen LogP contribution in [0.2, 0.25) is 0 Å². The highest BCUT2D eigenvalue weighted by Crippen LogP contribution is 2.05. The van der Waals surface area contributed by atoms with E-state index < -0.39 is 22.8 Å². The summed E-state index contributed by atoms with van der Waals surface area (Å²) >= 11 is 0. The largest absolute Gasteiger partial charge is 0.334 e. The summed E-state index contributed by atoms with van der Waals surface area (Å²) < 4.78 is 13.1. The fraction of sp³-hybridized carbons (Fsp3) is 0.375. The van der Waals surface area contributed by atoms with Gasteiger partial charge in [0.2, 0.25) is 0 Å². The van der Waals surface area contributed by atoms with E-state index in [0.29, 0.717) is 5.69 Å². The Bertz CT molecular complexity index is 414. The minimum atomic E-state index is -0.767. The summed E-state index contributed by atoms with van der Waals surface area (Å²) in [7, 11) is 0. The summed E-state index contributed by atoms with van der Waals surface area (Å²) in [5, 5.41) is 10.4. The number of aromatic nitrogens is 1. The third-order valence-corrected chi connectivity index (χ3v) is 1.88. The van der Waals surface area contributed by atoms with Crippen molar-refractivity contribution >= 4 is 5.69 Å². The fourth-order valence-electron chi connectivity index (χ4n) is 1.16. The van der Waals surface area contributed by atoms with Gasteiger partial charge in [0, 0.05) is 11.8 Å². The summed E-state index contributed by atoms with van der Waals surface area (Å²) in [5.74, 6) is 0. The summed E-state index contributed by atoms with van der Waals surface area (Å²) in [6.45, 7) is 0.731. The van der Waals surface area contributed by atoms with Gasteiger partial charge in [0.1, 0.15) is 6.67 Å². The standard InChI is InChI=1S/C8H9FN2O3/c1-6-2-3-7(11(13)14)8(12)10(6)5-4-9/h2-3H,4-5H2,1H3. The average Bonchev–Trinajstić information content (AvgIpc) is 2.11. The normalized spacial score (nSPS) is 10.1. The molecule has 0 N–H and O–H groups in total. The number of aryl methyl sites for hydroxylation is 1. The van der Waals surface area contributed by atoms with Crippen LogP contribution in [0, 0.1) is 17.0 Å². The lowest BCUT2D eigenvalue weighted by Gasteiger charge is -2.05. The zero-order valence-electron chi connectivity index (χ0n) is 7.57. The summed E-state index contributed by atoms with van der Waals surface area (Å²) in [6.07, 6.45) is 0. The molecule has 76 valence electrons. The van der Waals surface area contributed by atoms with Gasteiger partial charge in [0.25, 0.3) is 0 Å². The second-order valence-corrected chi connectivity index (χ2v) is 2.76. The van der Waals surface area contributed by atoms with E-state index in [-0.39, 0.29) is 6.54 Å². The first-order chi connectivity index (χ1) is 6.57. The first kappa shape index (κ1) is 10.4. The molecule has 1 heterocycles. The highest BCUT2D eigenvalue weighted by molar-refractivity contribution is 5.27. The van der Waals surface area contributed by atoms with Gasteiger partial charge in [-0.1, -0.05) is 0 Å². The zero-order chi connectivity index (χ0) is 10.7. The smallest absolute Gasteiger partial charge is 0.304 e. The van der Waals surface area contributed by atoms with E-state index in [2.05, 4.69) is 0 Å². The molecule has 0 fully saturated rings. The zero-order valence-corrected chi connectivity index (χ0v) is 7.57. The van der Waals surface area contributed by atoms with Gasteiger partial charge in [-0.3, -0.25) is 14.9 Å². The van der Waals surface area contributed by atoms with E-state index in [1.807, 2.05) is 0 Å². The van der Waals surface area contributed by atoms with Gasteiger partial charge in [-0.2, -0.15) is 0 Å². The average molecular weight is 200 g/mol. The molecule has 14 heavy (non-hydrogen) atoms.